The molecule has 1 saturated heterocycles. The van der Waals surface area contributed by atoms with Crippen LogP contribution >= 0.6 is 50.9 Å². The molecular weight excluding hydrogens is 575 g/mol. The molecule has 10 heteroatoms. The highest BCUT2D eigenvalue weighted by Gasteiger charge is 2.30. The fourth-order valence-electron chi connectivity index (χ4n) is 3.14. The molecule has 6 nitrogen and oxygen atoms in total. The second kappa shape index (κ2) is 10.9. The summed E-state index contributed by atoms with van der Waals surface area (Å²) in [6.45, 7) is 0.275. The van der Waals surface area contributed by atoms with Crippen molar-refractivity contribution in [3.63, 3.8) is 0 Å². The zero-order valence-electron chi connectivity index (χ0n) is 18.2. The third kappa shape index (κ3) is 6.08. The van der Waals surface area contributed by atoms with E-state index in [4.69, 9.17) is 27.9 Å². The molecule has 1 fully saturated rings. The van der Waals surface area contributed by atoms with Gasteiger partial charge in [0.25, 0.3) is 5.91 Å². The lowest BCUT2D eigenvalue weighted by molar-refractivity contribution is -0.121. The molecule has 4 rings (SSSR count). The fourth-order valence-corrected chi connectivity index (χ4v) is 5.10. The minimum Gasteiger partial charge on any atom is -0.488 e. The Balaban J connectivity index is 1.50. The number of carboxylic acids is 1. The zero-order chi connectivity index (χ0) is 25.1. The van der Waals surface area contributed by atoms with Crippen molar-refractivity contribution in [1.29, 1.82) is 0 Å². The quantitative estimate of drug-likeness (QED) is 0.305. The van der Waals surface area contributed by atoms with Crippen molar-refractivity contribution in [2.24, 2.45) is 4.99 Å². The molecule has 1 aliphatic heterocycles. The van der Waals surface area contributed by atoms with Crippen molar-refractivity contribution in [2.45, 2.75) is 6.61 Å². The number of likely N-dealkylation sites (N-methyl/N-ethyl adjacent to an activating group) is 1. The van der Waals surface area contributed by atoms with E-state index >= 15 is 0 Å². The molecule has 1 aliphatic rings. The van der Waals surface area contributed by atoms with Gasteiger partial charge in [0, 0.05) is 22.7 Å². The number of carbonyl (C=O) groups excluding carboxylic acids is 1. The van der Waals surface area contributed by atoms with Crippen LogP contribution in [0.4, 0.5) is 5.69 Å². The van der Waals surface area contributed by atoms with Gasteiger partial charge in [0.2, 0.25) is 0 Å². The van der Waals surface area contributed by atoms with Crippen molar-refractivity contribution < 1.29 is 19.4 Å². The molecule has 3 aromatic rings. The highest BCUT2D eigenvalue weighted by Crippen LogP contribution is 2.35. The number of benzene rings is 3. The van der Waals surface area contributed by atoms with Gasteiger partial charge in [0.05, 0.1) is 20.6 Å². The topological polar surface area (TPSA) is 79.2 Å². The lowest BCUT2D eigenvalue weighted by Crippen LogP contribution is -2.23. The van der Waals surface area contributed by atoms with Gasteiger partial charge in [-0.2, -0.15) is 0 Å². The summed E-state index contributed by atoms with van der Waals surface area (Å²) in [7, 11) is 1.63. The number of thioether (sulfide) groups is 1. The van der Waals surface area contributed by atoms with Gasteiger partial charge >= 0.3 is 5.97 Å². The molecule has 0 atom stereocenters. The number of carboxylic acid groups (broad SMARTS) is 1. The monoisotopic (exact) mass is 590 g/mol. The van der Waals surface area contributed by atoms with Gasteiger partial charge in [-0.25, -0.2) is 9.79 Å². The number of amidine groups is 1. The highest BCUT2D eigenvalue weighted by atomic mass is 79.9. The van der Waals surface area contributed by atoms with Crippen LogP contribution in [-0.2, 0) is 11.4 Å². The minimum atomic E-state index is -1.04. The predicted octanol–water partition coefficient (Wildman–Crippen LogP) is 7.27. The van der Waals surface area contributed by atoms with Crippen LogP contribution in [-0.4, -0.2) is 34.1 Å². The molecule has 0 radical (unpaired) electrons. The molecular formula is C25H17BrCl2N2O4S. The Kier molecular flexibility index (Phi) is 7.86. The number of nitrogens with zero attached hydrogens (tertiary/aromatic N) is 2. The average Bonchev–Trinajstić information content (AvgIpc) is 3.07. The SMILES string of the molecule is CN1C(=O)/C(=C\c2ccc(OCc3ccc(Cl)cc3Cl)c(Br)c2)SC1=Nc1cccc(C(=O)O)c1. The van der Waals surface area contributed by atoms with Crippen LogP contribution in [0.25, 0.3) is 6.08 Å². The Morgan fingerprint density at radius 1 is 1.17 bits per heavy atom. The van der Waals surface area contributed by atoms with Crippen molar-refractivity contribution in [1.82, 2.24) is 4.90 Å². The molecule has 1 heterocycles. The van der Waals surface area contributed by atoms with Gasteiger partial charge in [-0.3, -0.25) is 9.69 Å². The Labute approximate surface area is 224 Å². The van der Waals surface area contributed by atoms with E-state index in [0.29, 0.717) is 31.6 Å². The minimum absolute atomic E-state index is 0.130. The zero-order valence-corrected chi connectivity index (χ0v) is 22.1. The number of aliphatic imine (C=N–C) groups is 1. The highest BCUT2D eigenvalue weighted by molar-refractivity contribution is 9.10. The summed E-state index contributed by atoms with van der Waals surface area (Å²) < 4.78 is 6.60. The summed E-state index contributed by atoms with van der Waals surface area (Å²) in [6.07, 6.45) is 1.77. The molecule has 0 aromatic heterocycles. The number of amides is 1. The molecule has 0 aliphatic carbocycles. The predicted molar refractivity (Wildman–Crippen MR) is 144 cm³/mol. The maximum absolute atomic E-state index is 12.8. The van der Waals surface area contributed by atoms with E-state index in [-0.39, 0.29) is 18.1 Å². The summed E-state index contributed by atoms with van der Waals surface area (Å²) in [5, 5.41) is 10.7. The third-order valence-corrected chi connectivity index (χ3v) is 7.24. The van der Waals surface area contributed by atoms with Crippen LogP contribution in [0.1, 0.15) is 21.5 Å². The first-order valence-electron chi connectivity index (χ1n) is 10.2. The first kappa shape index (κ1) is 25.3. The van der Waals surface area contributed by atoms with Crippen LogP contribution in [0, 0.1) is 0 Å². The average molecular weight is 592 g/mol. The largest absolute Gasteiger partial charge is 0.488 e. The number of carbonyl (C=O) groups is 2. The van der Waals surface area contributed by atoms with Gasteiger partial charge in [-0.15, -0.1) is 0 Å². The van der Waals surface area contributed by atoms with E-state index in [2.05, 4.69) is 20.9 Å². The van der Waals surface area contributed by atoms with Gasteiger partial charge in [0.15, 0.2) is 5.17 Å². The van der Waals surface area contributed by atoms with E-state index in [0.717, 1.165) is 15.6 Å². The van der Waals surface area contributed by atoms with Crippen molar-refractivity contribution >= 4 is 79.7 Å². The molecule has 1 amide bonds. The van der Waals surface area contributed by atoms with E-state index < -0.39 is 5.97 Å². The van der Waals surface area contributed by atoms with Crippen molar-refractivity contribution in [3.8, 4) is 5.75 Å². The smallest absolute Gasteiger partial charge is 0.335 e. The maximum Gasteiger partial charge on any atom is 0.335 e. The number of hydrogen-bond donors (Lipinski definition) is 1. The first-order valence-corrected chi connectivity index (χ1v) is 12.5. The maximum atomic E-state index is 12.8. The van der Waals surface area contributed by atoms with Crippen LogP contribution in [0.5, 0.6) is 5.75 Å². The lowest BCUT2D eigenvalue weighted by Gasteiger charge is -2.10. The Morgan fingerprint density at radius 3 is 2.69 bits per heavy atom. The molecule has 178 valence electrons. The number of aromatic carboxylic acids is 1. The van der Waals surface area contributed by atoms with Gasteiger partial charge in [-0.1, -0.05) is 41.4 Å². The van der Waals surface area contributed by atoms with Crippen LogP contribution in [0.3, 0.4) is 0 Å². The molecule has 0 spiro atoms. The van der Waals surface area contributed by atoms with Gasteiger partial charge in [-0.05, 0) is 81.8 Å². The first-order chi connectivity index (χ1) is 16.7. The molecule has 0 bridgehead atoms. The standard InChI is InChI=1S/C25H17BrCl2N2O4S/c1-30-23(31)22(35-25(30)29-18-4-2-3-15(11-18)24(32)33)10-14-5-8-21(19(26)9-14)34-13-16-6-7-17(27)12-20(16)28/h2-12H,13H2,1H3,(H,32,33)/b22-10+,29-25?. The summed E-state index contributed by atoms with van der Waals surface area (Å²) in [5.74, 6) is -0.608. The van der Waals surface area contributed by atoms with Gasteiger partial charge in [0.1, 0.15) is 12.4 Å². The number of halogens is 3. The summed E-state index contributed by atoms with van der Waals surface area (Å²) in [6, 6.07) is 17.0. The van der Waals surface area contributed by atoms with Crippen molar-refractivity contribution in [3.05, 3.63) is 96.8 Å². The summed E-state index contributed by atoms with van der Waals surface area (Å²) in [5.41, 5.74) is 2.20. The van der Waals surface area contributed by atoms with Crippen molar-refractivity contribution in [2.75, 3.05) is 7.05 Å². The Bertz CT molecular complexity index is 1390. The lowest BCUT2D eigenvalue weighted by atomic mass is 10.2. The van der Waals surface area contributed by atoms with Crippen LogP contribution in [0.2, 0.25) is 10.0 Å². The molecule has 1 N–H and O–H groups in total. The molecule has 0 unspecified atom stereocenters. The Hall–Kier alpha value is -2.78. The van der Waals surface area contributed by atoms with E-state index in [1.165, 1.54) is 28.8 Å². The molecule has 35 heavy (non-hydrogen) atoms. The van der Waals surface area contributed by atoms with Crippen LogP contribution < -0.4 is 4.74 Å². The summed E-state index contributed by atoms with van der Waals surface area (Å²) >= 11 is 16.9. The molecule has 0 saturated carbocycles. The number of rotatable bonds is 6. The second-order valence-electron chi connectivity index (χ2n) is 7.44. The number of hydrogen-bond acceptors (Lipinski definition) is 5. The molecule has 3 aromatic carbocycles. The van der Waals surface area contributed by atoms with Gasteiger partial charge < -0.3 is 9.84 Å². The van der Waals surface area contributed by atoms with E-state index in [9.17, 15) is 14.7 Å². The van der Waals surface area contributed by atoms with E-state index in [1.807, 2.05) is 18.2 Å². The number of ether oxygens (including phenoxy) is 1. The van der Waals surface area contributed by atoms with E-state index in [1.54, 1.807) is 43.5 Å². The Morgan fingerprint density at radius 2 is 1.97 bits per heavy atom. The van der Waals surface area contributed by atoms with Crippen LogP contribution in [0.15, 0.2) is 75.0 Å². The second-order valence-corrected chi connectivity index (χ2v) is 10.1. The normalized spacial score (nSPS) is 15.8. The summed E-state index contributed by atoms with van der Waals surface area (Å²) in [4.78, 5) is 30.3. The third-order valence-electron chi connectivity index (χ3n) is 4.97. The fraction of sp³-hybridized carbons (Fsp3) is 0.0800.